The van der Waals surface area contributed by atoms with Gasteiger partial charge in [-0.05, 0) is 49.7 Å². The van der Waals surface area contributed by atoms with Crippen LogP contribution < -0.4 is 10.9 Å². The molecule has 4 heterocycles. The number of rotatable bonds is 7. The molecule has 3 unspecified atom stereocenters. The molecule has 3 saturated heterocycles. The van der Waals surface area contributed by atoms with E-state index in [-0.39, 0.29) is 29.3 Å². The van der Waals surface area contributed by atoms with E-state index in [1.807, 2.05) is 36.9 Å². The van der Waals surface area contributed by atoms with Crippen molar-refractivity contribution in [3.63, 3.8) is 0 Å². The van der Waals surface area contributed by atoms with E-state index >= 15 is 0 Å². The van der Waals surface area contributed by atoms with Crippen LogP contribution >= 0.6 is 0 Å². The van der Waals surface area contributed by atoms with Gasteiger partial charge < -0.3 is 24.4 Å². The number of likely N-dealkylation sites (tertiary alicyclic amines) is 2. The fraction of sp³-hybridized carbons (Fsp3) is 0.552. The predicted molar refractivity (Wildman–Crippen MR) is 141 cm³/mol. The molecule has 0 bridgehead atoms. The molecule has 1 N–H and O–H groups in total. The van der Waals surface area contributed by atoms with Gasteiger partial charge in [-0.25, -0.2) is 0 Å². The number of pyridine rings is 1. The molecule has 1 aromatic heterocycles. The fourth-order valence-electron chi connectivity index (χ4n) is 6.24. The van der Waals surface area contributed by atoms with Gasteiger partial charge in [-0.2, -0.15) is 0 Å². The largest absolute Gasteiger partial charge is 0.381 e. The summed E-state index contributed by atoms with van der Waals surface area (Å²) in [5.74, 6) is 0.979. The number of hydrogen-bond donors (Lipinski definition) is 1. The number of nitrogens with one attached hydrogen (secondary N) is 1. The second-order valence-electron chi connectivity index (χ2n) is 11.0. The van der Waals surface area contributed by atoms with Crippen molar-refractivity contribution < 1.29 is 14.3 Å². The van der Waals surface area contributed by atoms with Crippen molar-refractivity contribution in [2.75, 3.05) is 45.9 Å². The quantitative estimate of drug-likeness (QED) is 0.623. The molecule has 0 spiro atoms. The van der Waals surface area contributed by atoms with Crippen LogP contribution in [0.15, 0.2) is 41.2 Å². The topological polar surface area (TPSA) is 83.9 Å². The van der Waals surface area contributed by atoms with Crippen LogP contribution in [0.1, 0.15) is 46.1 Å². The number of benzene rings is 1. The highest BCUT2D eigenvalue weighted by Gasteiger charge is 2.42. The highest BCUT2D eigenvalue weighted by atomic mass is 16.5. The number of amides is 2. The third-order valence-corrected chi connectivity index (χ3v) is 8.55. The maximum atomic E-state index is 13.4. The van der Waals surface area contributed by atoms with Crippen LogP contribution in [-0.4, -0.2) is 72.1 Å². The Labute approximate surface area is 218 Å². The van der Waals surface area contributed by atoms with Gasteiger partial charge in [0.15, 0.2) is 0 Å². The van der Waals surface area contributed by atoms with Crippen molar-refractivity contribution in [1.82, 2.24) is 19.7 Å². The average molecular weight is 507 g/mol. The number of ether oxygens (including phenoxy) is 1. The molecular weight excluding hydrogens is 468 g/mol. The molecule has 2 aromatic rings. The SMILES string of the molecule is Cc1cc(=O)n(C)c(C)c1C(=O)N1CC2CN(CCC(NC(=O)C3CCOC3)c3ccccc3)C[C@H]2C1. The Kier molecular flexibility index (Phi) is 7.49. The van der Waals surface area contributed by atoms with E-state index in [0.29, 0.717) is 30.6 Å². The number of fused-ring (bicyclic) bond motifs is 1. The van der Waals surface area contributed by atoms with Gasteiger partial charge in [0.05, 0.1) is 24.1 Å². The molecule has 0 aliphatic carbocycles. The van der Waals surface area contributed by atoms with E-state index < -0.39 is 0 Å². The van der Waals surface area contributed by atoms with Gasteiger partial charge in [0, 0.05) is 58.1 Å². The third kappa shape index (κ3) is 5.36. The maximum Gasteiger partial charge on any atom is 0.255 e. The second-order valence-corrected chi connectivity index (χ2v) is 11.0. The van der Waals surface area contributed by atoms with E-state index in [2.05, 4.69) is 22.3 Å². The Hall–Kier alpha value is -2.97. The Balaban J connectivity index is 1.18. The summed E-state index contributed by atoms with van der Waals surface area (Å²) in [5.41, 5.74) is 3.19. The average Bonchev–Trinajstić information content (AvgIpc) is 3.63. The third-order valence-electron chi connectivity index (χ3n) is 8.55. The zero-order valence-electron chi connectivity index (χ0n) is 22.1. The minimum absolute atomic E-state index is 0.0245. The van der Waals surface area contributed by atoms with Crippen LogP contribution in [0.25, 0.3) is 0 Å². The molecule has 8 heteroatoms. The number of carbonyl (C=O) groups excluding carboxylic acids is 2. The van der Waals surface area contributed by atoms with Gasteiger partial charge in [0.1, 0.15) is 0 Å². The summed E-state index contributed by atoms with van der Waals surface area (Å²) in [4.78, 5) is 42.8. The first kappa shape index (κ1) is 25.7. The Morgan fingerprint density at radius 3 is 2.43 bits per heavy atom. The van der Waals surface area contributed by atoms with Gasteiger partial charge >= 0.3 is 0 Å². The summed E-state index contributed by atoms with van der Waals surface area (Å²) in [6, 6.07) is 11.7. The first-order valence-electron chi connectivity index (χ1n) is 13.4. The van der Waals surface area contributed by atoms with E-state index in [9.17, 15) is 14.4 Å². The lowest BCUT2D eigenvalue weighted by Crippen LogP contribution is -2.37. The molecule has 3 aliphatic rings. The van der Waals surface area contributed by atoms with Crippen LogP contribution in [0.4, 0.5) is 0 Å². The van der Waals surface area contributed by atoms with Crippen LogP contribution in [0.3, 0.4) is 0 Å². The van der Waals surface area contributed by atoms with Crippen molar-refractivity contribution in [3.8, 4) is 0 Å². The van der Waals surface area contributed by atoms with Gasteiger partial charge in [-0.15, -0.1) is 0 Å². The van der Waals surface area contributed by atoms with Gasteiger partial charge in [0.25, 0.3) is 11.5 Å². The molecule has 3 aliphatic heterocycles. The monoisotopic (exact) mass is 506 g/mol. The smallest absolute Gasteiger partial charge is 0.255 e. The minimum Gasteiger partial charge on any atom is -0.381 e. The number of nitrogens with zero attached hydrogens (tertiary/aromatic N) is 3. The molecule has 0 radical (unpaired) electrons. The van der Waals surface area contributed by atoms with Gasteiger partial charge in [-0.1, -0.05) is 30.3 Å². The molecule has 3 fully saturated rings. The molecule has 198 valence electrons. The van der Waals surface area contributed by atoms with Crippen molar-refractivity contribution in [3.05, 3.63) is 69.1 Å². The number of carbonyl (C=O) groups is 2. The first-order valence-corrected chi connectivity index (χ1v) is 13.4. The Bertz CT molecular complexity index is 1190. The van der Waals surface area contributed by atoms with Crippen LogP contribution in [0.5, 0.6) is 0 Å². The van der Waals surface area contributed by atoms with Crippen molar-refractivity contribution >= 4 is 11.8 Å². The normalized spacial score (nSPS) is 24.3. The van der Waals surface area contributed by atoms with Crippen molar-refractivity contribution in [2.45, 2.75) is 32.7 Å². The summed E-state index contributed by atoms with van der Waals surface area (Å²) in [6.45, 7) is 9.20. The summed E-state index contributed by atoms with van der Waals surface area (Å²) >= 11 is 0. The highest BCUT2D eigenvalue weighted by molar-refractivity contribution is 5.96. The molecule has 37 heavy (non-hydrogen) atoms. The number of aryl methyl sites for hydroxylation is 1. The van der Waals surface area contributed by atoms with Gasteiger partial charge in [0.2, 0.25) is 5.91 Å². The Morgan fingerprint density at radius 1 is 1.08 bits per heavy atom. The summed E-state index contributed by atoms with van der Waals surface area (Å²) in [6.07, 6.45) is 1.64. The fourth-order valence-corrected chi connectivity index (χ4v) is 6.24. The Morgan fingerprint density at radius 2 is 1.78 bits per heavy atom. The summed E-state index contributed by atoms with van der Waals surface area (Å²) in [5, 5.41) is 3.29. The molecule has 2 amide bonds. The molecule has 8 nitrogen and oxygen atoms in total. The van der Waals surface area contributed by atoms with Crippen LogP contribution in [0.2, 0.25) is 0 Å². The van der Waals surface area contributed by atoms with Crippen LogP contribution in [-0.2, 0) is 16.6 Å². The lowest BCUT2D eigenvalue weighted by Gasteiger charge is -2.26. The second kappa shape index (κ2) is 10.8. The molecule has 0 saturated carbocycles. The highest BCUT2D eigenvalue weighted by Crippen LogP contribution is 2.33. The van der Waals surface area contributed by atoms with E-state index in [0.717, 1.165) is 62.4 Å². The summed E-state index contributed by atoms with van der Waals surface area (Å²) < 4.78 is 6.97. The lowest BCUT2D eigenvalue weighted by atomic mass is 10.0. The van der Waals surface area contributed by atoms with E-state index in [1.165, 1.54) is 0 Å². The van der Waals surface area contributed by atoms with Gasteiger partial charge in [-0.3, -0.25) is 14.4 Å². The zero-order valence-corrected chi connectivity index (χ0v) is 22.1. The first-order chi connectivity index (χ1) is 17.8. The predicted octanol–water partition coefficient (Wildman–Crippen LogP) is 2.29. The van der Waals surface area contributed by atoms with E-state index in [1.54, 1.807) is 17.7 Å². The van der Waals surface area contributed by atoms with E-state index in [4.69, 9.17) is 4.74 Å². The van der Waals surface area contributed by atoms with Crippen molar-refractivity contribution in [1.29, 1.82) is 0 Å². The molecule has 4 atom stereocenters. The molecule has 1 aromatic carbocycles. The molecule has 5 rings (SSSR count). The zero-order chi connectivity index (χ0) is 26.1. The maximum absolute atomic E-state index is 13.4. The minimum atomic E-state index is -0.0814. The summed E-state index contributed by atoms with van der Waals surface area (Å²) in [7, 11) is 1.72. The van der Waals surface area contributed by atoms with Crippen LogP contribution in [0, 0.1) is 31.6 Å². The lowest BCUT2D eigenvalue weighted by molar-refractivity contribution is -0.125. The molecular formula is C29H38N4O4. The van der Waals surface area contributed by atoms with Crippen molar-refractivity contribution in [2.24, 2.45) is 24.8 Å². The number of aromatic nitrogens is 1. The number of hydrogen-bond acceptors (Lipinski definition) is 5. The standard InChI is InChI=1S/C29H38N4O4/c1-19-13-26(34)31(3)20(2)27(19)29(36)33-16-23-14-32(15-24(23)17-33)11-9-25(21-7-5-4-6-8-21)30-28(35)22-10-12-37-18-22/h4-8,13,22-25H,9-12,14-18H2,1-3H3,(H,30,35)/t22?,23-,24?,25?/m0/s1.